The number of rotatable bonds is 9. The summed E-state index contributed by atoms with van der Waals surface area (Å²) in [7, 11) is 0. The molecule has 2 amide bonds. The molecule has 0 aliphatic heterocycles. The summed E-state index contributed by atoms with van der Waals surface area (Å²) in [6.07, 6.45) is 8.16. The van der Waals surface area contributed by atoms with E-state index in [-0.39, 0.29) is 24.2 Å². The number of fused-ring (bicyclic) bond motifs is 1. The molecule has 0 saturated carbocycles. The van der Waals surface area contributed by atoms with Crippen molar-refractivity contribution in [2.45, 2.75) is 50.3 Å². The molecule has 10 heteroatoms. The van der Waals surface area contributed by atoms with Gasteiger partial charge in [0, 0.05) is 15.5 Å². The number of thioether (sulfide) groups is 1. The van der Waals surface area contributed by atoms with Crippen molar-refractivity contribution in [2.75, 3.05) is 23.0 Å². The molecule has 0 bridgehead atoms. The third-order valence-corrected chi connectivity index (χ3v) is 8.66. The number of carbonyl (C=O) groups is 4. The van der Waals surface area contributed by atoms with Crippen molar-refractivity contribution in [1.29, 1.82) is 0 Å². The van der Waals surface area contributed by atoms with Gasteiger partial charge in [-0.3, -0.25) is 14.4 Å². The number of allylic oxidation sites excluding steroid dienone is 2. The number of benzene rings is 1. The number of carboxylic acid groups (broad SMARTS) is 1. The summed E-state index contributed by atoms with van der Waals surface area (Å²) >= 11 is 2.76. The molecule has 3 N–H and O–H groups in total. The Kier molecular flexibility index (Phi) is 9.04. The zero-order chi connectivity index (χ0) is 26.4. The first-order valence-electron chi connectivity index (χ1n) is 12.4. The van der Waals surface area contributed by atoms with Crippen LogP contribution < -0.4 is 10.6 Å². The number of carbonyl (C=O) groups excluding carboxylic acids is 3. The molecule has 1 aromatic heterocycles. The molecule has 2 aliphatic rings. The summed E-state index contributed by atoms with van der Waals surface area (Å²) in [6, 6.07) is 7.11. The largest absolute Gasteiger partial charge is 0.481 e. The minimum Gasteiger partial charge on any atom is -0.481 e. The normalized spacial score (nSPS) is 18.5. The summed E-state index contributed by atoms with van der Waals surface area (Å²) < 4.78 is 5.25. The minimum absolute atomic E-state index is 0.122. The van der Waals surface area contributed by atoms with Crippen LogP contribution in [-0.2, 0) is 32.0 Å². The van der Waals surface area contributed by atoms with Gasteiger partial charge in [-0.2, -0.15) is 0 Å². The molecule has 2 unspecified atom stereocenters. The average Bonchev–Trinajstić information content (AvgIpc) is 3.25. The van der Waals surface area contributed by atoms with Gasteiger partial charge in [0.05, 0.1) is 29.8 Å². The third-order valence-electron chi connectivity index (χ3n) is 6.46. The Balaban J connectivity index is 1.38. The van der Waals surface area contributed by atoms with Crippen molar-refractivity contribution >= 4 is 57.5 Å². The maximum absolute atomic E-state index is 12.8. The molecule has 2 aromatic rings. The Labute approximate surface area is 223 Å². The van der Waals surface area contributed by atoms with Gasteiger partial charge >= 0.3 is 11.9 Å². The van der Waals surface area contributed by atoms with Crippen LogP contribution in [0.5, 0.6) is 0 Å². The van der Waals surface area contributed by atoms with Crippen LogP contribution in [0.4, 0.5) is 10.7 Å². The van der Waals surface area contributed by atoms with E-state index >= 15 is 0 Å². The molecular formula is C27H30N2O6S2. The van der Waals surface area contributed by atoms with E-state index in [1.165, 1.54) is 23.1 Å². The van der Waals surface area contributed by atoms with E-state index in [9.17, 15) is 24.3 Å². The van der Waals surface area contributed by atoms with Crippen molar-refractivity contribution < 1.29 is 29.0 Å². The summed E-state index contributed by atoms with van der Waals surface area (Å²) in [5, 5.41) is 15.7. The molecule has 4 rings (SSSR count). The van der Waals surface area contributed by atoms with E-state index in [4.69, 9.17) is 4.74 Å². The number of aryl methyl sites for hydroxylation is 1. The number of amides is 2. The zero-order valence-electron chi connectivity index (χ0n) is 20.6. The first-order chi connectivity index (χ1) is 17.9. The molecule has 2 aliphatic carbocycles. The zero-order valence-corrected chi connectivity index (χ0v) is 22.2. The first-order valence-corrected chi connectivity index (χ1v) is 14.2. The van der Waals surface area contributed by atoms with E-state index in [1.54, 1.807) is 31.2 Å². The van der Waals surface area contributed by atoms with Gasteiger partial charge in [-0.25, -0.2) is 4.79 Å². The number of esters is 1. The lowest BCUT2D eigenvalue weighted by Crippen LogP contribution is -2.34. The van der Waals surface area contributed by atoms with Gasteiger partial charge in [0.25, 0.3) is 0 Å². The molecule has 2 atom stereocenters. The van der Waals surface area contributed by atoms with Crippen LogP contribution in [0.3, 0.4) is 0 Å². The lowest BCUT2D eigenvalue weighted by Gasteiger charge is -2.24. The SMILES string of the molecule is CCOC(=O)c1c(NC(=O)CSc2cccc(NC(=O)C3CC=CCC3C(=O)O)c2)sc2c1CCCC2. The van der Waals surface area contributed by atoms with Crippen LogP contribution >= 0.6 is 23.1 Å². The van der Waals surface area contributed by atoms with Crippen LogP contribution in [0.15, 0.2) is 41.3 Å². The van der Waals surface area contributed by atoms with Crippen molar-refractivity contribution in [3.05, 3.63) is 52.4 Å². The van der Waals surface area contributed by atoms with Gasteiger partial charge in [-0.15, -0.1) is 23.1 Å². The Morgan fingerprint density at radius 2 is 1.84 bits per heavy atom. The topological polar surface area (TPSA) is 122 Å². The molecule has 37 heavy (non-hydrogen) atoms. The number of anilines is 2. The van der Waals surface area contributed by atoms with Gasteiger partial charge in [0.1, 0.15) is 5.00 Å². The molecule has 8 nitrogen and oxygen atoms in total. The van der Waals surface area contributed by atoms with Gasteiger partial charge in [0.2, 0.25) is 11.8 Å². The fourth-order valence-corrected chi connectivity index (χ4v) is 6.71. The predicted octanol–water partition coefficient (Wildman–Crippen LogP) is 5.14. The summed E-state index contributed by atoms with van der Waals surface area (Å²) in [4.78, 5) is 51.6. The number of aliphatic carboxylic acids is 1. The maximum Gasteiger partial charge on any atom is 0.341 e. The van der Waals surface area contributed by atoms with E-state index in [2.05, 4.69) is 10.6 Å². The van der Waals surface area contributed by atoms with Crippen molar-refractivity contribution in [1.82, 2.24) is 0 Å². The lowest BCUT2D eigenvalue weighted by molar-refractivity contribution is -0.146. The fraction of sp³-hybridized carbons (Fsp3) is 0.407. The van der Waals surface area contributed by atoms with E-state index in [1.807, 2.05) is 12.1 Å². The van der Waals surface area contributed by atoms with Crippen molar-refractivity contribution in [2.24, 2.45) is 11.8 Å². The lowest BCUT2D eigenvalue weighted by atomic mass is 9.82. The second-order valence-electron chi connectivity index (χ2n) is 8.98. The van der Waals surface area contributed by atoms with E-state index in [0.29, 0.717) is 29.1 Å². The Morgan fingerprint density at radius 3 is 2.59 bits per heavy atom. The number of carboxylic acids is 1. The molecule has 1 aromatic carbocycles. The Morgan fingerprint density at radius 1 is 1.08 bits per heavy atom. The highest BCUT2D eigenvalue weighted by molar-refractivity contribution is 8.00. The smallest absolute Gasteiger partial charge is 0.341 e. The van der Waals surface area contributed by atoms with Crippen LogP contribution in [0.2, 0.25) is 0 Å². The second kappa shape index (κ2) is 12.4. The average molecular weight is 543 g/mol. The minimum atomic E-state index is -0.975. The number of thiophene rings is 1. The molecule has 1 heterocycles. The summed E-state index contributed by atoms with van der Waals surface area (Å²) in [6.45, 7) is 2.03. The Bertz CT molecular complexity index is 1220. The first kappa shape index (κ1) is 26.9. The number of ether oxygens (including phenoxy) is 1. The molecular weight excluding hydrogens is 512 g/mol. The highest BCUT2D eigenvalue weighted by atomic mass is 32.2. The van der Waals surface area contributed by atoms with Crippen molar-refractivity contribution in [3.63, 3.8) is 0 Å². The number of hydrogen-bond acceptors (Lipinski definition) is 7. The van der Waals surface area contributed by atoms with E-state index < -0.39 is 23.8 Å². The molecule has 0 radical (unpaired) electrons. The van der Waals surface area contributed by atoms with Crippen LogP contribution in [0, 0.1) is 11.8 Å². The maximum atomic E-state index is 12.8. The number of hydrogen-bond donors (Lipinski definition) is 3. The standard InChI is InChI=1S/C27H30N2O6S2/c1-2-35-27(34)23-20-12-5-6-13-21(20)37-25(23)29-22(30)15-36-17-9-7-8-16(14-17)28-24(31)18-10-3-4-11-19(18)26(32)33/h3-4,7-9,14,18-19H,2,5-6,10-13,15H2,1H3,(H,28,31)(H,29,30)(H,32,33). The third kappa shape index (κ3) is 6.61. The highest BCUT2D eigenvalue weighted by Crippen LogP contribution is 2.39. The van der Waals surface area contributed by atoms with E-state index in [0.717, 1.165) is 41.0 Å². The molecule has 196 valence electrons. The van der Waals surface area contributed by atoms with Crippen LogP contribution in [0.1, 0.15) is 53.4 Å². The molecule has 0 fully saturated rings. The quantitative estimate of drug-likeness (QED) is 0.228. The molecule has 0 spiro atoms. The summed E-state index contributed by atoms with van der Waals surface area (Å²) in [5.41, 5.74) is 2.03. The molecule has 0 saturated heterocycles. The predicted molar refractivity (Wildman–Crippen MR) is 144 cm³/mol. The highest BCUT2D eigenvalue weighted by Gasteiger charge is 2.34. The van der Waals surface area contributed by atoms with Gasteiger partial charge in [-0.05, 0) is 69.2 Å². The fourth-order valence-electron chi connectivity index (χ4n) is 4.66. The Hall–Kier alpha value is -3.11. The van der Waals surface area contributed by atoms with Gasteiger partial charge < -0.3 is 20.5 Å². The number of nitrogens with one attached hydrogen (secondary N) is 2. The monoisotopic (exact) mass is 542 g/mol. The second-order valence-corrected chi connectivity index (χ2v) is 11.1. The van der Waals surface area contributed by atoms with Gasteiger partial charge in [0.15, 0.2) is 0 Å². The van der Waals surface area contributed by atoms with Crippen molar-refractivity contribution in [3.8, 4) is 0 Å². The van der Waals surface area contributed by atoms with Crippen LogP contribution in [0.25, 0.3) is 0 Å². The van der Waals surface area contributed by atoms with Crippen LogP contribution in [-0.4, -0.2) is 41.2 Å². The van der Waals surface area contributed by atoms with Gasteiger partial charge in [-0.1, -0.05) is 18.2 Å². The summed E-state index contributed by atoms with van der Waals surface area (Å²) in [5.74, 6) is -3.18.